The molecule has 1 heterocycles. The molecule has 1 aliphatic rings. The number of carbonyl (C=O) groups excluding carboxylic acids is 1. The van der Waals surface area contributed by atoms with Crippen LogP contribution in [0.3, 0.4) is 0 Å². The first-order valence-corrected chi connectivity index (χ1v) is 11.7. The van der Waals surface area contributed by atoms with Crippen molar-refractivity contribution in [1.82, 2.24) is 10.2 Å². The normalized spacial score (nSPS) is 15.1. The van der Waals surface area contributed by atoms with E-state index in [1.807, 2.05) is 32.0 Å². The zero-order chi connectivity index (χ0) is 19.9. The van der Waals surface area contributed by atoms with Gasteiger partial charge in [-0.2, -0.15) is 0 Å². The van der Waals surface area contributed by atoms with Crippen LogP contribution in [0.25, 0.3) is 0 Å². The largest absolute Gasteiger partial charge is 0.356 e. The summed E-state index contributed by atoms with van der Waals surface area (Å²) in [6.07, 6.45) is 5.57. The third-order valence-electron chi connectivity index (χ3n) is 4.97. The Morgan fingerprint density at radius 3 is 2.56 bits per heavy atom. The second-order valence-corrected chi connectivity index (χ2v) is 9.39. The molecule has 1 amide bonds. The van der Waals surface area contributed by atoms with Crippen LogP contribution in [0.2, 0.25) is 0 Å². The number of hydrogen-bond donors (Lipinski definition) is 1. The molecular formula is C20H33N3O3S. The minimum absolute atomic E-state index is 0.00848. The fourth-order valence-corrected chi connectivity index (χ4v) is 4.48. The lowest BCUT2D eigenvalue weighted by Crippen LogP contribution is -2.33. The molecule has 0 spiro atoms. The van der Waals surface area contributed by atoms with Crippen molar-refractivity contribution in [1.29, 1.82) is 0 Å². The van der Waals surface area contributed by atoms with Gasteiger partial charge < -0.3 is 10.2 Å². The molecule has 0 aromatic heterocycles. The smallest absolute Gasteiger partial charge is 0.232 e. The number of benzene rings is 1. The van der Waals surface area contributed by atoms with Gasteiger partial charge in [0.2, 0.25) is 15.9 Å². The van der Waals surface area contributed by atoms with Crippen molar-refractivity contribution in [3.63, 3.8) is 0 Å². The molecule has 1 N–H and O–H groups in total. The number of aryl methyl sites for hydroxylation is 2. The van der Waals surface area contributed by atoms with Gasteiger partial charge in [0, 0.05) is 19.5 Å². The predicted molar refractivity (Wildman–Crippen MR) is 111 cm³/mol. The van der Waals surface area contributed by atoms with Crippen molar-refractivity contribution >= 4 is 21.6 Å². The van der Waals surface area contributed by atoms with E-state index < -0.39 is 10.0 Å². The average Bonchev–Trinajstić information content (AvgIpc) is 3.10. The number of anilines is 1. The Balaban J connectivity index is 1.78. The zero-order valence-corrected chi connectivity index (χ0v) is 17.6. The topological polar surface area (TPSA) is 69.7 Å². The molecule has 0 bridgehead atoms. The highest BCUT2D eigenvalue weighted by Crippen LogP contribution is 2.24. The quantitative estimate of drug-likeness (QED) is 0.618. The van der Waals surface area contributed by atoms with E-state index >= 15 is 0 Å². The van der Waals surface area contributed by atoms with Crippen LogP contribution in [0, 0.1) is 13.8 Å². The molecule has 0 saturated carbocycles. The van der Waals surface area contributed by atoms with Gasteiger partial charge in [0.25, 0.3) is 0 Å². The lowest BCUT2D eigenvalue weighted by Gasteiger charge is -2.24. The fourth-order valence-electron chi connectivity index (χ4n) is 3.46. The summed E-state index contributed by atoms with van der Waals surface area (Å²) < 4.78 is 25.9. The second kappa shape index (κ2) is 10.1. The lowest BCUT2D eigenvalue weighted by molar-refractivity contribution is -0.121. The Kier molecular flexibility index (Phi) is 8.10. The van der Waals surface area contributed by atoms with Crippen LogP contribution in [-0.4, -0.2) is 58.2 Å². The number of carbonyl (C=O) groups is 1. The number of nitrogens with one attached hydrogen (secondary N) is 1. The highest BCUT2D eigenvalue weighted by molar-refractivity contribution is 7.92. The van der Waals surface area contributed by atoms with Gasteiger partial charge in [0.05, 0.1) is 11.9 Å². The molecule has 1 aromatic carbocycles. The molecule has 152 valence electrons. The van der Waals surface area contributed by atoms with E-state index in [1.165, 1.54) is 36.5 Å². The zero-order valence-electron chi connectivity index (χ0n) is 16.8. The van der Waals surface area contributed by atoms with Gasteiger partial charge >= 0.3 is 0 Å². The van der Waals surface area contributed by atoms with E-state index in [0.717, 1.165) is 24.1 Å². The van der Waals surface area contributed by atoms with Crippen molar-refractivity contribution in [3.8, 4) is 0 Å². The van der Waals surface area contributed by atoms with E-state index in [0.29, 0.717) is 31.6 Å². The Morgan fingerprint density at radius 2 is 1.89 bits per heavy atom. The molecule has 0 atom stereocenters. The Bertz CT molecular complexity index is 728. The van der Waals surface area contributed by atoms with Crippen LogP contribution in [0.5, 0.6) is 0 Å². The molecule has 0 aliphatic carbocycles. The minimum Gasteiger partial charge on any atom is -0.356 e. The maximum Gasteiger partial charge on any atom is 0.232 e. The molecule has 27 heavy (non-hydrogen) atoms. The first kappa shape index (κ1) is 21.7. The summed E-state index contributed by atoms with van der Waals surface area (Å²) in [6, 6.07) is 5.78. The molecule has 6 nitrogen and oxygen atoms in total. The van der Waals surface area contributed by atoms with Crippen LogP contribution in [-0.2, 0) is 14.8 Å². The maximum absolute atomic E-state index is 12.2. The number of hydrogen-bond acceptors (Lipinski definition) is 4. The van der Waals surface area contributed by atoms with E-state index in [2.05, 4.69) is 10.2 Å². The molecule has 7 heteroatoms. The summed E-state index contributed by atoms with van der Waals surface area (Å²) in [5.74, 6) is -0.00848. The Labute approximate surface area is 164 Å². The number of sulfonamides is 1. The summed E-state index contributed by atoms with van der Waals surface area (Å²) in [5, 5.41) is 2.95. The lowest BCUT2D eigenvalue weighted by atomic mass is 10.1. The summed E-state index contributed by atoms with van der Waals surface area (Å²) in [6.45, 7) is 8.22. The average molecular weight is 396 g/mol. The van der Waals surface area contributed by atoms with Crippen molar-refractivity contribution < 1.29 is 13.2 Å². The summed E-state index contributed by atoms with van der Waals surface area (Å²) in [7, 11) is -3.39. The minimum atomic E-state index is -3.39. The van der Waals surface area contributed by atoms with E-state index in [4.69, 9.17) is 0 Å². The Morgan fingerprint density at radius 1 is 1.19 bits per heavy atom. The molecular weight excluding hydrogens is 362 g/mol. The molecule has 1 fully saturated rings. The number of rotatable bonds is 10. The van der Waals surface area contributed by atoms with Crippen LogP contribution in [0.1, 0.15) is 43.2 Å². The molecule has 1 saturated heterocycles. The van der Waals surface area contributed by atoms with Gasteiger partial charge in [-0.15, -0.1) is 0 Å². The van der Waals surface area contributed by atoms with Gasteiger partial charge in [0.1, 0.15) is 0 Å². The first-order chi connectivity index (χ1) is 12.8. The van der Waals surface area contributed by atoms with Gasteiger partial charge in [0.15, 0.2) is 0 Å². The third-order valence-corrected chi connectivity index (χ3v) is 6.15. The van der Waals surface area contributed by atoms with Crippen LogP contribution >= 0.6 is 0 Å². The molecule has 1 aromatic rings. The summed E-state index contributed by atoms with van der Waals surface area (Å²) in [5.41, 5.74) is 2.63. The van der Waals surface area contributed by atoms with Crippen LogP contribution in [0.4, 0.5) is 5.69 Å². The second-order valence-electron chi connectivity index (χ2n) is 7.48. The highest BCUT2D eigenvalue weighted by atomic mass is 32.2. The highest BCUT2D eigenvalue weighted by Gasteiger charge is 2.19. The number of amides is 1. The van der Waals surface area contributed by atoms with Gasteiger partial charge in [-0.25, -0.2) is 8.42 Å². The maximum atomic E-state index is 12.2. The van der Waals surface area contributed by atoms with Crippen molar-refractivity contribution in [2.75, 3.05) is 43.3 Å². The van der Waals surface area contributed by atoms with Gasteiger partial charge in [-0.1, -0.05) is 12.1 Å². The van der Waals surface area contributed by atoms with E-state index in [-0.39, 0.29) is 5.91 Å². The Hall–Kier alpha value is -1.60. The van der Waals surface area contributed by atoms with E-state index in [1.54, 1.807) is 0 Å². The van der Waals surface area contributed by atoms with Crippen LogP contribution < -0.4 is 9.62 Å². The summed E-state index contributed by atoms with van der Waals surface area (Å²) >= 11 is 0. The summed E-state index contributed by atoms with van der Waals surface area (Å²) in [4.78, 5) is 14.5. The first-order valence-electron chi connectivity index (χ1n) is 9.81. The molecule has 1 aliphatic heterocycles. The monoisotopic (exact) mass is 395 g/mol. The fraction of sp³-hybridized carbons (Fsp3) is 0.650. The molecule has 2 rings (SSSR count). The van der Waals surface area contributed by atoms with Crippen LogP contribution in [0.15, 0.2) is 18.2 Å². The predicted octanol–water partition coefficient (Wildman–Crippen LogP) is 2.45. The standard InChI is InChI=1S/C20H33N3O3S/c1-17-9-10-18(2)19(16-17)23(27(3,25)26)15-6-8-20(24)21-11-7-14-22-12-4-5-13-22/h9-10,16H,4-8,11-15H2,1-3H3,(H,21,24). The number of nitrogens with zero attached hydrogens (tertiary/aromatic N) is 2. The molecule has 0 unspecified atom stereocenters. The van der Waals surface area contributed by atoms with Crippen molar-refractivity contribution in [3.05, 3.63) is 29.3 Å². The molecule has 0 radical (unpaired) electrons. The van der Waals surface area contributed by atoms with Gasteiger partial charge in [-0.05, 0) is 76.4 Å². The van der Waals surface area contributed by atoms with Gasteiger partial charge in [-0.3, -0.25) is 9.10 Å². The van der Waals surface area contributed by atoms with Crippen molar-refractivity contribution in [2.24, 2.45) is 0 Å². The number of likely N-dealkylation sites (tertiary alicyclic amines) is 1. The van der Waals surface area contributed by atoms with Crippen molar-refractivity contribution in [2.45, 2.75) is 46.0 Å². The SMILES string of the molecule is Cc1ccc(C)c(N(CCCC(=O)NCCCN2CCCC2)S(C)(=O)=O)c1. The van der Waals surface area contributed by atoms with E-state index in [9.17, 15) is 13.2 Å². The third kappa shape index (κ3) is 7.14.